The molecule has 6 nitrogen and oxygen atoms in total. The number of alkyl halides is 1. The van der Waals surface area contributed by atoms with E-state index in [0.29, 0.717) is 28.4 Å². The summed E-state index contributed by atoms with van der Waals surface area (Å²) in [6, 6.07) is 15.2. The van der Waals surface area contributed by atoms with Crippen molar-refractivity contribution in [2.24, 2.45) is 10.7 Å². The lowest BCUT2D eigenvalue weighted by atomic mass is 9.81. The molecular formula is C27H27FN4O2. The molecule has 2 atom stereocenters. The molecular weight excluding hydrogens is 431 g/mol. The number of benzene rings is 2. The highest BCUT2D eigenvalue weighted by molar-refractivity contribution is 6.09. The lowest BCUT2D eigenvalue weighted by Crippen LogP contribution is -2.41. The Balaban J connectivity index is 1.64. The zero-order valence-corrected chi connectivity index (χ0v) is 19.5. The van der Waals surface area contributed by atoms with Crippen LogP contribution in [0.2, 0.25) is 0 Å². The van der Waals surface area contributed by atoms with Crippen molar-refractivity contribution in [2.45, 2.75) is 44.5 Å². The first kappa shape index (κ1) is 22.1. The maximum atomic E-state index is 13.6. The van der Waals surface area contributed by atoms with Gasteiger partial charge in [-0.1, -0.05) is 24.3 Å². The van der Waals surface area contributed by atoms with E-state index in [1.54, 1.807) is 19.2 Å². The molecule has 2 heterocycles. The van der Waals surface area contributed by atoms with Crippen molar-refractivity contribution in [2.75, 3.05) is 7.05 Å². The van der Waals surface area contributed by atoms with Crippen LogP contribution in [0.3, 0.4) is 0 Å². The first-order chi connectivity index (χ1) is 16.3. The molecule has 2 aromatic carbocycles. The van der Waals surface area contributed by atoms with E-state index in [2.05, 4.69) is 16.0 Å². The van der Waals surface area contributed by atoms with Crippen molar-refractivity contribution in [3.8, 4) is 16.9 Å². The van der Waals surface area contributed by atoms with Crippen molar-refractivity contribution in [1.82, 2.24) is 9.88 Å². The number of aryl methyl sites for hydroxylation is 1. The highest BCUT2D eigenvalue weighted by Crippen LogP contribution is 2.43. The Morgan fingerprint density at radius 3 is 2.53 bits per heavy atom. The zero-order chi connectivity index (χ0) is 24.0. The summed E-state index contributed by atoms with van der Waals surface area (Å²) in [6.45, 7) is 3.14. The fourth-order valence-electron chi connectivity index (χ4n) is 4.55. The molecule has 1 aromatic heterocycles. The molecule has 2 aliphatic rings. The third-order valence-electron chi connectivity index (χ3n) is 6.54. The molecule has 1 fully saturated rings. The summed E-state index contributed by atoms with van der Waals surface area (Å²) >= 11 is 0. The molecule has 7 heteroatoms. The summed E-state index contributed by atoms with van der Waals surface area (Å²) in [5.74, 6) is 0.899. The smallest absolute Gasteiger partial charge is 0.266 e. The largest absolute Gasteiger partial charge is 0.460 e. The predicted molar refractivity (Wildman–Crippen MR) is 129 cm³/mol. The van der Waals surface area contributed by atoms with Crippen LogP contribution in [0.5, 0.6) is 5.75 Å². The molecule has 1 amide bonds. The summed E-state index contributed by atoms with van der Waals surface area (Å²) < 4.78 is 18.7. The van der Waals surface area contributed by atoms with Gasteiger partial charge in [0.05, 0.1) is 0 Å². The van der Waals surface area contributed by atoms with Crippen LogP contribution in [0.25, 0.3) is 11.1 Å². The average molecular weight is 459 g/mol. The van der Waals surface area contributed by atoms with E-state index in [-0.39, 0.29) is 11.9 Å². The average Bonchev–Trinajstić information content (AvgIpc) is 3.65. The molecule has 1 aliphatic carbocycles. The molecule has 0 saturated heterocycles. The number of aromatic nitrogens is 1. The second kappa shape index (κ2) is 8.24. The van der Waals surface area contributed by atoms with Crippen LogP contribution in [0.15, 0.2) is 65.9 Å². The van der Waals surface area contributed by atoms with E-state index >= 15 is 0 Å². The standard InChI is InChI=1S/C27H27FN4O2/c1-16-11-23(9-10-24(16)34-17(2)28)27(25(33)32(3)26(29)31-27)22-6-4-5-19(13-22)21-12-20(14-30-15-21)18-7-8-18/h4-6,9-15,17-18H,7-8H2,1-3H3,(H2,29,31). The van der Waals surface area contributed by atoms with Crippen molar-refractivity contribution < 1.29 is 13.9 Å². The topological polar surface area (TPSA) is 80.8 Å². The maximum Gasteiger partial charge on any atom is 0.266 e. The second-order valence-corrected chi connectivity index (χ2v) is 9.05. The number of rotatable bonds is 6. The summed E-state index contributed by atoms with van der Waals surface area (Å²) in [4.78, 5) is 24.1. The van der Waals surface area contributed by atoms with E-state index in [1.165, 1.54) is 30.2 Å². The molecule has 1 saturated carbocycles. The Hall–Kier alpha value is -3.74. The van der Waals surface area contributed by atoms with Crippen molar-refractivity contribution in [3.05, 3.63) is 83.2 Å². The van der Waals surface area contributed by atoms with Gasteiger partial charge in [-0.25, -0.2) is 9.38 Å². The third-order valence-corrected chi connectivity index (χ3v) is 6.54. The van der Waals surface area contributed by atoms with Crippen LogP contribution in [0, 0.1) is 6.92 Å². The summed E-state index contributed by atoms with van der Waals surface area (Å²) in [5, 5.41) is 0. The lowest BCUT2D eigenvalue weighted by molar-refractivity contribution is -0.129. The molecule has 3 aromatic rings. The Morgan fingerprint density at radius 2 is 1.88 bits per heavy atom. The predicted octanol–water partition coefficient (Wildman–Crippen LogP) is 4.66. The summed E-state index contributed by atoms with van der Waals surface area (Å²) in [7, 11) is 1.62. The maximum absolute atomic E-state index is 13.6. The van der Waals surface area contributed by atoms with E-state index in [4.69, 9.17) is 10.5 Å². The van der Waals surface area contributed by atoms with Crippen LogP contribution in [-0.2, 0) is 10.3 Å². The summed E-state index contributed by atoms with van der Waals surface area (Å²) in [5.41, 5.74) is 10.0. The lowest BCUT2D eigenvalue weighted by Gasteiger charge is -2.27. The number of amides is 1. The van der Waals surface area contributed by atoms with Gasteiger partial charge in [-0.15, -0.1) is 0 Å². The molecule has 0 radical (unpaired) electrons. The van der Waals surface area contributed by atoms with E-state index in [9.17, 15) is 9.18 Å². The number of carbonyl (C=O) groups is 1. The molecule has 34 heavy (non-hydrogen) atoms. The van der Waals surface area contributed by atoms with Crippen molar-refractivity contribution in [1.29, 1.82) is 0 Å². The number of guanidine groups is 1. The van der Waals surface area contributed by atoms with Crippen LogP contribution in [-0.4, -0.2) is 35.2 Å². The van der Waals surface area contributed by atoms with Gasteiger partial charge < -0.3 is 10.5 Å². The number of likely N-dealkylation sites (N-methyl/N-ethyl adjacent to an activating group) is 1. The number of pyridine rings is 1. The van der Waals surface area contributed by atoms with Crippen LogP contribution in [0.1, 0.15) is 47.9 Å². The number of hydrogen-bond acceptors (Lipinski definition) is 5. The second-order valence-electron chi connectivity index (χ2n) is 9.05. The summed E-state index contributed by atoms with van der Waals surface area (Å²) in [6.07, 6.45) is 4.72. The van der Waals surface area contributed by atoms with Gasteiger partial charge in [0.25, 0.3) is 5.91 Å². The number of nitrogens with two attached hydrogens (primary N) is 1. The van der Waals surface area contributed by atoms with Crippen LogP contribution in [0.4, 0.5) is 4.39 Å². The molecule has 1 aliphatic heterocycles. The first-order valence-corrected chi connectivity index (χ1v) is 11.4. The quantitative estimate of drug-likeness (QED) is 0.583. The van der Waals surface area contributed by atoms with Crippen LogP contribution < -0.4 is 10.5 Å². The Kier molecular flexibility index (Phi) is 5.35. The van der Waals surface area contributed by atoms with Gasteiger partial charge >= 0.3 is 0 Å². The highest BCUT2D eigenvalue weighted by atomic mass is 19.1. The number of nitrogens with zero attached hydrogens (tertiary/aromatic N) is 3. The number of carbonyl (C=O) groups excluding carboxylic acids is 1. The number of ether oxygens (including phenoxy) is 1. The minimum absolute atomic E-state index is 0.142. The number of halogens is 1. The van der Waals surface area contributed by atoms with Gasteiger partial charge in [0.1, 0.15) is 5.75 Å². The number of hydrogen-bond donors (Lipinski definition) is 1. The zero-order valence-electron chi connectivity index (χ0n) is 19.5. The number of aliphatic imine (C=N–C) groups is 1. The molecule has 2 unspecified atom stereocenters. The monoisotopic (exact) mass is 458 g/mol. The van der Waals surface area contributed by atoms with Gasteiger partial charge in [0.15, 0.2) is 11.5 Å². The van der Waals surface area contributed by atoms with E-state index in [0.717, 1.165) is 11.1 Å². The molecule has 0 bridgehead atoms. The van der Waals surface area contributed by atoms with Crippen molar-refractivity contribution in [3.63, 3.8) is 0 Å². The molecule has 2 N–H and O–H groups in total. The molecule has 5 rings (SSSR count). The Morgan fingerprint density at radius 1 is 1.12 bits per heavy atom. The van der Waals surface area contributed by atoms with Crippen molar-refractivity contribution >= 4 is 11.9 Å². The van der Waals surface area contributed by atoms with Crippen LogP contribution >= 0.6 is 0 Å². The fraction of sp³-hybridized carbons (Fsp3) is 0.296. The molecule has 0 spiro atoms. The fourth-order valence-corrected chi connectivity index (χ4v) is 4.55. The van der Waals surface area contributed by atoms with Gasteiger partial charge in [-0.05, 0) is 77.8 Å². The normalized spacial score (nSPS) is 20.9. The Labute approximate surface area is 198 Å². The van der Waals surface area contributed by atoms with Gasteiger partial charge in [-0.2, -0.15) is 0 Å². The van der Waals surface area contributed by atoms with Gasteiger partial charge in [-0.3, -0.25) is 14.7 Å². The SMILES string of the molecule is Cc1cc(C2(c3cccc(-c4cncc(C5CC5)c4)c3)N=C(N)N(C)C2=O)ccc1OC(C)F. The van der Waals surface area contributed by atoms with E-state index in [1.807, 2.05) is 49.6 Å². The molecule has 174 valence electrons. The highest BCUT2D eigenvalue weighted by Gasteiger charge is 2.49. The van der Waals surface area contributed by atoms with E-state index < -0.39 is 11.9 Å². The minimum atomic E-state index is -1.44. The minimum Gasteiger partial charge on any atom is -0.460 e. The van der Waals surface area contributed by atoms with Gasteiger partial charge in [0.2, 0.25) is 6.36 Å². The third kappa shape index (κ3) is 3.71. The Bertz CT molecular complexity index is 1300. The first-order valence-electron chi connectivity index (χ1n) is 11.4. The van der Waals surface area contributed by atoms with Gasteiger partial charge in [0, 0.05) is 31.9 Å².